The van der Waals surface area contributed by atoms with Gasteiger partial charge in [-0.25, -0.2) is 14.6 Å². The summed E-state index contributed by atoms with van der Waals surface area (Å²) in [4.78, 5) is 24.9. The van der Waals surface area contributed by atoms with Crippen molar-refractivity contribution in [3.8, 4) is 0 Å². The summed E-state index contributed by atoms with van der Waals surface area (Å²) in [5.74, 6) is -4.24. The fourth-order valence-corrected chi connectivity index (χ4v) is 3.52. The second-order valence-corrected chi connectivity index (χ2v) is 8.23. The molecule has 0 radical (unpaired) electrons. The van der Waals surface area contributed by atoms with Gasteiger partial charge in [0.15, 0.2) is 0 Å². The van der Waals surface area contributed by atoms with Crippen LogP contribution in [0.5, 0.6) is 0 Å². The summed E-state index contributed by atoms with van der Waals surface area (Å²) < 4.78 is 76.5. The van der Waals surface area contributed by atoms with Gasteiger partial charge in [0.25, 0.3) is 0 Å². The Hall–Kier alpha value is -3.07. The Labute approximate surface area is 201 Å². The third kappa shape index (κ3) is 9.18. The van der Waals surface area contributed by atoms with E-state index in [4.69, 9.17) is 33.9 Å². The van der Waals surface area contributed by atoms with Gasteiger partial charge in [-0.3, -0.25) is 4.90 Å². The monoisotopic (exact) mass is 529 g/mol. The van der Waals surface area contributed by atoms with Crippen molar-refractivity contribution in [2.45, 2.75) is 50.7 Å². The van der Waals surface area contributed by atoms with Crippen LogP contribution in [0.3, 0.4) is 0 Å². The Morgan fingerprint density at radius 1 is 1.14 bits per heavy atom. The highest BCUT2D eigenvalue weighted by Crippen LogP contribution is 2.34. The van der Waals surface area contributed by atoms with Gasteiger partial charge in [0.1, 0.15) is 0 Å². The van der Waals surface area contributed by atoms with Crippen LogP contribution in [0.4, 0.5) is 26.3 Å². The maximum absolute atomic E-state index is 10.6. The number of aromatic nitrogens is 2. The third-order valence-corrected chi connectivity index (χ3v) is 5.19. The minimum Gasteiger partial charge on any atom is -0.475 e. The number of carboxylic acid groups (broad SMARTS) is 2. The van der Waals surface area contributed by atoms with Gasteiger partial charge in [-0.05, 0) is 24.8 Å². The second kappa shape index (κ2) is 12.3. The Kier molecular flexibility index (Phi) is 9.93. The molecular weight excluding hydrogens is 504 g/mol. The molecule has 3 heterocycles. The van der Waals surface area contributed by atoms with Crippen LogP contribution in [0.15, 0.2) is 29.3 Å². The van der Waals surface area contributed by atoms with Gasteiger partial charge in [0, 0.05) is 50.5 Å². The molecule has 0 amide bonds. The van der Waals surface area contributed by atoms with Gasteiger partial charge in [0.2, 0.25) is 0 Å². The van der Waals surface area contributed by atoms with Crippen molar-refractivity contribution in [1.82, 2.24) is 14.5 Å². The van der Waals surface area contributed by atoms with Crippen molar-refractivity contribution in [2.75, 3.05) is 20.3 Å². The number of halogens is 6. The standard InChI is InChI=1S/C17H23N3O2.2C2HF3O2/c1-21-11-15-8-19(6-14-4-5-22-10-14)9-16-17(15)20(12-18-16)7-13-2-3-13;2*3-2(4,5)1(6)7/h4-5,10,12-13,15H,2-3,6-9,11H2,1H3;2*(H,6,7). The number of ether oxygens (including phenoxy) is 1. The van der Waals surface area contributed by atoms with E-state index in [-0.39, 0.29) is 0 Å². The zero-order valence-corrected chi connectivity index (χ0v) is 19.1. The number of imidazole rings is 1. The molecule has 0 aromatic carbocycles. The summed E-state index contributed by atoms with van der Waals surface area (Å²) in [7, 11) is 1.79. The molecule has 202 valence electrons. The SMILES string of the molecule is COCC1CN(Cc2ccoc2)Cc2ncn(CC3CC3)c21.O=C(O)C(F)(F)F.O=C(O)C(F)(F)F. The van der Waals surface area contributed by atoms with Gasteiger partial charge in [-0.2, -0.15) is 26.3 Å². The van der Waals surface area contributed by atoms with E-state index >= 15 is 0 Å². The summed E-state index contributed by atoms with van der Waals surface area (Å²) in [5, 5.41) is 14.2. The van der Waals surface area contributed by atoms with Crippen LogP contribution in [0.25, 0.3) is 0 Å². The normalized spacial score (nSPS) is 17.8. The van der Waals surface area contributed by atoms with Crippen LogP contribution in [0.2, 0.25) is 0 Å². The van der Waals surface area contributed by atoms with Gasteiger partial charge >= 0.3 is 24.3 Å². The van der Waals surface area contributed by atoms with E-state index in [0.717, 1.165) is 38.7 Å². The molecule has 36 heavy (non-hydrogen) atoms. The third-order valence-electron chi connectivity index (χ3n) is 5.19. The zero-order chi connectivity index (χ0) is 27.1. The van der Waals surface area contributed by atoms with E-state index in [9.17, 15) is 26.3 Å². The van der Waals surface area contributed by atoms with E-state index in [1.807, 2.05) is 18.7 Å². The summed E-state index contributed by atoms with van der Waals surface area (Å²) in [6.45, 7) is 4.72. The van der Waals surface area contributed by atoms with Gasteiger partial charge in [-0.15, -0.1) is 0 Å². The Balaban J connectivity index is 0.000000271. The number of carbonyl (C=O) groups is 2. The van der Waals surface area contributed by atoms with Crippen LogP contribution in [-0.4, -0.2) is 69.2 Å². The van der Waals surface area contributed by atoms with Crippen LogP contribution in [0.1, 0.15) is 35.7 Å². The first-order chi connectivity index (χ1) is 16.7. The number of hydrogen-bond donors (Lipinski definition) is 2. The lowest BCUT2D eigenvalue weighted by atomic mass is 9.98. The van der Waals surface area contributed by atoms with E-state index < -0.39 is 24.3 Å². The van der Waals surface area contributed by atoms with E-state index in [0.29, 0.717) is 5.92 Å². The average Bonchev–Trinajstić information content (AvgIpc) is 3.25. The number of rotatable bonds is 6. The number of alkyl halides is 6. The molecule has 2 aliphatic rings. The molecule has 1 saturated carbocycles. The summed E-state index contributed by atoms with van der Waals surface area (Å²) in [6, 6.07) is 2.03. The fraction of sp³-hybridized carbons (Fsp3) is 0.571. The molecule has 1 aliphatic heterocycles. The lowest BCUT2D eigenvalue weighted by molar-refractivity contribution is -0.193. The molecule has 0 bridgehead atoms. The minimum atomic E-state index is -5.08. The first-order valence-corrected chi connectivity index (χ1v) is 10.6. The number of furan rings is 1. The van der Waals surface area contributed by atoms with E-state index in [2.05, 4.69) is 9.47 Å². The number of nitrogens with zero attached hydrogens (tertiary/aromatic N) is 3. The van der Waals surface area contributed by atoms with Gasteiger partial charge in [-0.1, -0.05) is 0 Å². The van der Waals surface area contributed by atoms with E-state index in [1.54, 1.807) is 13.4 Å². The van der Waals surface area contributed by atoms with Crippen LogP contribution in [0, 0.1) is 5.92 Å². The highest BCUT2D eigenvalue weighted by atomic mass is 19.4. The van der Waals surface area contributed by atoms with Crippen molar-refractivity contribution in [2.24, 2.45) is 5.92 Å². The quantitative estimate of drug-likeness (QED) is 0.542. The van der Waals surface area contributed by atoms with Crippen molar-refractivity contribution in [3.63, 3.8) is 0 Å². The summed E-state index contributed by atoms with van der Waals surface area (Å²) in [6.07, 6.45) is -1.83. The number of fused-ring (bicyclic) bond motifs is 1. The van der Waals surface area contributed by atoms with Crippen LogP contribution in [-0.2, 0) is 34.0 Å². The number of methoxy groups -OCH3 is 1. The molecule has 4 rings (SSSR count). The highest BCUT2D eigenvalue weighted by molar-refractivity contribution is 5.73. The first-order valence-electron chi connectivity index (χ1n) is 10.6. The average molecular weight is 529 g/mol. The molecule has 2 aromatic heterocycles. The molecule has 15 heteroatoms. The molecule has 1 atom stereocenters. The smallest absolute Gasteiger partial charge is 0.475 e. The molecular formula is C21H25F6N3O6. The fourth-order valence-electron chi connectivity index (χ4n) is 3.52. The molecule has 2 N–H and O–H groups in total. The number of carboxylic acids is 2. The highest BCUT2D eigenvalue weighted by Gasteiger charge is 2.39. The van der Waals surface area contributed by atoms with Crippen LogP contribution < -0.4 is 0 Å². The van der Waals surface area contributed by atoms with Gasteiger partial charge in [0.05, 0.1) is 31.2 Å². The maximum Gasteiger partial charge on any atom is 0.490 e. The predicted octanol–water partition coefficient (Wildman–Crippen LogP) is 3.90. The van der Waals surface area contributed by atoms with Crippen molar-refractivity contribution in [3.05, 3.63) is 41.9 Å². The largest absolute Gasteiger partial charge is 0.490 e. The van der Waals surface area contributed by atoms with Gasteiger partial charge < -0.3 is 23.9 Å². The van der Waals surface area contributed by atoms with Crippen molar-refractivity contribution in [1.29, 1.82) is 0 Å². The van der Waals surface area contributed by atoms with Crippen LogP contribution >= 0.6 is 0 Å². The molecule has 1 fully saturated rings. The summed E-state index contributed by atoms with van der Waals surface area (Å²) in [5.41, 5.74) is 3.84. The van der Waals surface area contributed by atoms with Crippen molar-refractivity contribution < 1.29 is 55.3 Å². The Morgan fingerprint density at radius 2 is 1.72 bits per heavy atom. The Morgan fingerprint density at radius 3 is 2.17 bits per heavy atom. The zero-order valence-electron chi connectivity index (χ0n) is 19.1. The lowest BCUT2D eigenvalue weighted by Crippen LogP contribution is -2.36. The van der Waals surface area contributed by atoms with Crippen molar-refractivity contribution >= 4 is 11.9 Å². The molecule has 1 unspecified atom stereocenters. The molecule has 2 aromatic rings. The maximum atomic E-state index is 10.6. The molecule has 9 nitrogen and oxygen atoms in total. The second-order valence-electron chi connectivity index (χ2n) is 8.23. The lowest BCUT2D eigenvalue weighted by Gasteiger charge is -2.32. The molecule has 1 aliphatic carbocycles. The Bertz CT molecular complexity index is 961. The molecule has 0 saturated heterocycles. The van der Waals surface area contributed by atoms with E-state index in [1.165, 1.54) is 29.8 Å². The summed E-state index contributed by atoms with van der Waals surface area (Å²) >= 11 is 0. The molecule has 0 spiro atoms. The predicted molar refractivity (Wildman–Crippen MR) is 110 cm³/mol. The number of aliphatic carboxylic acids is 2. The minimum absolute atomic E-state index is 0.405. The topological polar surface area (TPSA) is 118 Å². The first kappa shape index (κ1) is 29.2. The number of hydrogen-bond acceptors (Lipinski definition) is 6.